The molecule has 0 saturated heterocycles. The number of fused-ring (bicyclic) bond motifs is 1. The van der Waals surface area contributed by atoms with E-state index in [1.165, 1.54) is 17.3 Å². The second kappa shape index (κ2) is 7.04. The fourth-order valence-electron chi connectivity index (χ4n) is 2.42. The molecular formula is C16H20N6OS. The number of amides is 1. The van der Waals surface area contributed by atoms with Gasteiger partial charge < -0.3 is 10.3 Å². The van der Waals surface area contributed by atoms with Gasteiger partial charge in [0.25, 0.3) is 0 Å². The van der Waals surface area contributed by atoms with Crippen molar-refractivity contribution in [2.45, 2.75) is 38.4 Å². The van der Waals surface area contributed by atoms with E-state index in [9.17, 15) is 4.79 Å². The number of hydrogen-bond donors (Lipinski definition) is 3. The predicted octanol–water partition coefficient (Wildman–Crippen LogP) is 2.66. The van der Waals surface area contributed by atoms with Crippen LogP contribution in [0, 0.1) is 13.8 Å². The van der Waals surface area contributed by atoms with E-state index in [2.05, 4.69) is 36.5 Å². The molecular weight excluding hydrogens is 324 g/mol. The molecule has 1 aromatic carbocycles. The Labute approximate surface area is 144 Å². The number of aryl methyl sites for hydroxylation is 2. The summed E-state index contributed by atoms with van der Waals surface area (Å²) in [4.78, 5) is 24.3. The van der Waals surface area contributed by atoms with Crippen LogP contribution >= 0.6 is 11.8 Å². The van der Waals surface area contributed by atoms with Crippen LogP contribution in [0.1, 0.15) is 36.6 Å². The summed E-state index contributed by atoms with van der Waals surface area (Å²) in [7, 11) is 0. The lowest BCUT2D eigenvalue weighted by Crippen LogP contribution is -2.30. The van der Waals surface area contributed by atoms with Crippen LogP contribution in [0.15, 0.2) is 23.4 Å². The molecule has 7 nitrogen and oxygen atoms in total. The van der Waals surface area contributed by atoms with E-state index >= 15 is 0 Å². The van der Waals surface area contributed by atoms with Crippen LogP contribution in [-0.4, -0.2) is 36.8 Å². The van der Waals surface area contributed by atoms with Crippen LogP contribution in [0.4, 0.5) is 0 Å². The van der Waals surface area contributed by atoms with E-state index in [-0.39, 0.29) is 17.7 Å². The zero-order valence-electron chi connectivity index (χ0n) is 13.9. The minimum Gasteiger partial charge on any atom is -0.345 e. The maximum Gasteiger partial charge on any atom is 0.231 e. The molecule has 0 unspecified atom stereocenters. The van der Waals surface area contributed by atoms with Crippen LogP contribution in [0.5, 0.6) is 0 Å². The van der Waals surface area contributed by atoms with Crippen molar-refractivity contribution < 1.29 is 4.79 Å². The summed E-state index contributed by atoms with van der Waals surface area (Å²) in [5.74, 6) is 1.73. The highest BCUT2D eigenvalue weighted by molar-refractivity contribution is 7.99. The van der Waals surface area contributed by atoms with Crippen molar-refractivity contribution in [1.29, 1.82) is 0 Å². The highest BCUT2D eigenvalue weighted by Crippen LogP contribution is 2.20. The van der Waals surface area contributed by atoms with E-state index in [4.69, 9.17) is 0 Å². The first-order chi connectivity index (χ1) is 11.5. The predicted molar refractivity (Wildman–Crippen MR) is 93.8 cm³/mol. The second-order valence-electron chi connectivity index (χ2n) is 5.66. The number of aromatic nitrogens is 5. The highest BCUT2D eigenvalue weighted by Gasteiger charge is 2.17. The molecule has 1 atom stereocenters. The first kappa shape index (κ1) is 16.5. The Morgan fingerprint density at radius 2 is 2.17 bits per heavy atom. The molecule has 3 aromatic rings. The molecule has 24 heavy (non-hydrogen) atoms. The number of benzene rings is 1. The summed E-state index contributed by atoms with van der Waals surface area (Å²) >= 11 is 1.31. The van der Waals surface area contributed by atoms with Gasteiger partial charge in [-0.25, -0.2) is 9.97 Å². The van der Waals surface area contributed by atoms with Crippen LogP contribution < -0.4 is 5.32 Å². The minimum atomic E-state index is -0.139. The average Bonchev–Trinajstić information content (AvgIpc) is 3.16. The van der Waals surface area contributed by atoms with E-state index < -0.39 is 0 Å². The Bertz CT molecular complexity index is 855. The summed E-state index contributed by atoms with van der Waals surface area (Å²) in [5, 5.41) is 10.4. The lowest BCUT2D eigenvalue weighted by atomic mass is 10.2. The third-order valence-electron chi connectivity index (χ3n) is 3.64. The van der Waals surface area contributed by atoms with Crippen molar-refractivity contribution in [2.75, 3.05) is 5.75 Å². The third-order valence-corrected chi connectivity index (χ3v) is 4.49. The fraction of sp³-hybridized carbons (Fsp3) is 0.375. The molecule has 3 rings (SSSR count). The van der Waals surface area contributed by atoms with Crippen LogP contribution in [0.2, 0.25) is 0 Å². The van der Waals surface area contributed by atoms with Gasteiger partial charge in [0.05, 0.1) is 22.8 Å². The first-order valence-corrected chi connectivity index (χ1v) is 8.81. The van der Waals surface area contributed by atoms with Gasteiger partial charge in [0.15, 0.2) is 0 Å². The summed E-state index contributed by atoms with van der Waals surface area (Å²) in [6.07, 6.45) is 0.759. The SMILES string of the molecule is CC[C@@H](NC(=O)CSc1n[nH]c(C)n1)c1nc2ccc(C)cc2[nH]1. The van der Waals surface area contributed by atoms with Crippen LogP contribution in [0.25, 0.3) is 11.0 Å². The number of H-pyrrole nitrogens is 2. The molecule has 2 aromatic heterocycles. The number of thioether (sulfide) groups is 1. The number of nitrogens with one attached hydrogen (secondary N) is 3. The number of carbonyl (C=O) groups excluding carboxylic acids is 1. The Hall–Kier alpha value is -2.35. The lowest BCUT2D eigenvalue weighted by Gasteiger charge is -2.14. The zero-order valence-corrected chi connectivity index (χ0v) is 14.7. The zero-order chi connectivity index (χ0) is 17.1. The van der Waals surface area contributed by atoms with Gasteiger partial charge in [0, 0.05) is 0 Å². The number of nitrogens with zero attached hydrogens (tertiary/aromatic N) is 3. The van der Waals surface area contributed by atoms with Crippen molar-refractivity contribution in [1.82, 2.24) is 30.5 Å². The maximum absolute atomic E-state index is 12.2. The van der Waals surface area contributed by atoms with Gasteiger partial charge in [-0.05, 0) is 38.0 Å². The van der Waals surface area contributed by atoms with Crippen molar-refractivity contribution in [2.24, 2.45) is 0 Å². The normalized spacial score (nSPS) is 12.5. The topological polar surface area (TPSA) is 99.3 Å². The van der Waals surface area contributed by atoms with Crippen molar-refractivity contribution in [3.8, 4) is 0 Å². The van der Waals surface area contributed by atoms with E-state index in [0.29, 0.717) is 5.16 Å². The van der Waals surface area contributed by atoms with Crippen molar-refractivity contribution in [3.05, 3.63) is 35.4 Å². The lowest BCUT2D eigenvalue weighted by molar-refractivity contribution is -0.119. The summed E-state index contributed by atoms with van der Waals surface area (Å²) < 4.78 is 0. The molecule has 3 N–H and O–H groups in total. The first-order valence-electron chi connectivity index (χ1n) is 7.82. The molecule has 0 aliphatic carbocycles. The number of carbonyl (C=O) groups is 1. The Balaban J connectivity index is 1.65. The molecule has 0 aliphatic rings. The molecule has 1 amide bonds. The maximum atomic E-state index is 12.2. The second-order valence-corrected chi connectivity index (χ2v) is 6.61. The van der Waals surface area contributed by atoms with E-state index in [1.54, 1.807) is 0 Å². The largest absolute Gasteiger partial charge is 0.345 e. The Morgan fingerprint density at radius 1 is 1.33 bits per heavy atom. The standard InChI is InChI=1S/C16H20N6OS/c1-4-11(15-19-12-6-5-9(2)7-13(12)20-15)18-14(23)8-24-16-17-10(3)21-22-16/h5-7,11H,4,8H2,1-3H3,(H,18,23)(H,19,20)(H,17,21,22)/t11-/m1/s1. The van der Waals surface area contributed by atoms with Crippen molar-refractivity contribution in [3.63, 3.8) is 0 Å². The molecule has 0 fully saturated rings. The quantitative estimate of drug-likeness (QED) is 0.597. The van der Waals surface area contributed by atoms with E-state index in [0.717, 1.165) is 29.1 Å². The molecule has 0 aliphatic heterocycles. The molecule has 0 radical (unpaired) electrons. The van der Waals surface area contributed by atoms with E-state index in [1.807, 2.05) is 32.9 Å². The van der Waals surface area contributed by atoms with Gasteiger partial charge in [0.1, 0.15) is 11.6 Å². The van der Waals surface area contributed by atoms with Gasteiger partial charge in [-0.1, -0.05) is 24.8 Å². The highest BCUT2D eigenvalue weighted by atomic mass is 32.2. The summed E-state index contributed by atoms with van der Waals surface area (Å²) in [6, 6.07) is 5.93. The van der Waals surface area contributed by atoms with Crippen LogP contribution in [-0.2, 0) is 4.79 Å². The fourth-order valence-corrected chi connectivity index (χ4v) is 3.08. The van der Waals surface area contributed by atoms with Crippen LogP contribution in [0.3, 0.4) is 0 Å². The molecule has 0 bridgehead atoms. The molecule has 8 heteroatoms. The molecule has 126 valence electrons. The minimum absolute atomic E-state index is 0.0639. The smallest absolute Gasteiger partial charge is 0.231 e. The van der Waals surface area contributed by atoms with Gasteiger partial charge in [-0.2, -0.15) is 0 Å². The number of imidazole rings is 1. The van der Waals surface area contributed by atoms with Crippen molar-refractivity contribution >= 4 is 28.7 Å². The van der Waals surface area contributed by atoms with Gasteiger partial charge >= 0.3 is 0 Å². The molecule has 0 saturated carbocycles. The van der Waals surface area contributed by atoms with Gasteiger partial charge in [0.2, 0.25) is 11.1 Å². The summed E-state index contributed by atoms with van der Waals surface area (Å²) in [5.41, 5.74) is 3.07. The summed E-state index contributed by atoms with van der Waals surface area (Å²) in [6.45, 7) is 5.89. The molecule has 2 heterocycles. The number of rotatable bonds is 6. The Kier molecular flexibility index (Phi) is 4.84. The number of hydrogen-bond acceptors (Lipinski definition) is 5. The molecule has 0 spiro atoms. The Morgan fingerprint density at radius 3 is 2.88 bits per heavy atom. The number of aromatic amines is 2. The average molecular weight is 344 g/mol. The third kappa shape index (κ3) is 3.76. The van der Waals surface area contributed by atoms with Gasteiger partial charge in [-0.15, -0.1) is 5.10 Å². The monoisotopic (exact) mass is 344 g/mol. The van der Waals surface area contributed by atoms with Gasteiger partial charge in [-0.3, -0.25) is 9.89 Å².